The molecule has 6 atom stereocenters. The van der Waals surface area contributed by atoms with Crippen LogP contribution in [0.5, 0.6) is 0 Å². The number of hydrogen-bond acceptors (Lipinski definition) is 11. The van der Waals surface area contributed by atoms with Crippen LogP contribution < -0.4 is 0 Å². The molecule has 0 spiro atoms. The molecule has 1 aliphatic carbocycles. The first-order valence-corrected chi connectivity index (χ1v) is 23.9. The predicted octanol–water partition coefficient (Wildman–Crippen LogP) is 8.97. The molecule has 60 heavy (non-hydrogen) atoms. The number of allylic oxidation sites excluding steroid dienone is 14. The van der Waals surface area contributed by atoms with Crippen LogP contribution in [0.1, 0.15) is 142 Å². The van der Waals surface area contributed by atoms with Gasteiger partial charge < -0.3 is 39.9 Å². The lowest BCUT2D eigenvalue weighted by Crippen LogP contribution is -2.64. The zero-order valence-electron chi connectivity index (χ0n) is 36.5. The smallest absolute Gasteiger partial charge is 0.457 e. The first-order valence-electron chi connectivity index (χ1n) is 22.4. The van der Waals surface area contributed by atoms with Crippen LogP contribution in [-0.4, -0.2) is 98.9 Å². The quantitative estimate of drug-likeness (QED) is 0.0152. The van der Waals surface area contributed by atoms with Gasteiger partial charge in [-0.25, -0.2) is 4.57 Å². The first-order chi connectivity index (χ1) is 29.0. The van der Waals surface area contributed by atoms with E-state index >= 15 is 0 Å². The Balaban J connectivity index is 2.44. The Hall–Kier alpha value is -2.48. The summed E-state index contributed by atoms with van der Waals surface area (Å²) in [4.78, 5) is 23.1. The second-order valence-electron chi connectivity index (χ2n) is 15.1. The molecule has 1 saturated carbocycles. The van der Waals surface area contributed by atoms with Crippen molar-refractivity contribution in [3.63, 3.8) is 0 Å². The minimum absolute atomic E-state index is 0.103. The third-order valence-electron chi connectivity index (χ3n) is 9.76. The van der Waals surface area contributed by atoms with E-state index in [1.165, 1.54) is 0 Å². The fourth-order valence-electron chi connectivity index (χ4n) is 6.24. The molecule has 0 amide bonds. The Morgan fingerprint density at radius 2 is 0.933 bits per heavy atom. The molecular formula is C47H79O12P. The molecule has 0 radical (unpaired) electrons. The number of aliphatic hydroxyl groups excluding tert-OH is 5. The Labute approximate surface area is 361 Å². The van der Waals surface area contributed by atoms with E-state index in [1.807, 2.05) is 0 Å². The van der Waals surface area contributed by atoms with Crippen molar-refractivity contribution in [2.45, 2.75) is 185 Å². The van der Waals surface area contributed by atoms with E-state index in [2.05, 4.69) is 98.9 Å². The number of esters is 1. The highest BCUT2D eigenvalue weighted by atomic mass is 31.2. The van der Waals surface area contributed by atoms with Crippen molar-refractivity contribution in [3.8, 4) is 0 Å². The van der Waals surface area contributed by atoms with Gasteiger partial charge in [0.1, 0.15) is 42.7 Å². The van der Waals surface area contributed by atoms with Crippen molar-refractivity contribution in [2.75, 3.05) is 19.8 Å². The highest BCUT2D eigenvalue weighted by Gasteiger charge is 2.51. The summed E-state index contributed by atoms with van der Waals surface area (Å²) in [5.74, 6) is -0.504. The van der Waals surface area contributed by atoms with Gasteiger partial charge in [0.05, 0.1) is 13.2 Å². The predicted molar refractivity (Wildman–Crippen MR) is 239 cm³/mol. The molecule has 0 aliphatic heterocycles. The minimum atomic E-state index is -5.03. The molecule has 13 heteroatoms. The third kappa shape index (κ3) is 28.9. The number of unbranched alkanes of at least 4 members (excludes halogenated alkanes) is 10. The lowest BCUT2D eigenvalue weighted by molar-refractivity contribution is -0.220. The molecular weight excluding hydrogens is 787 g/mol. The molecule has 0 heterocycles. The summed E-state index contributed by atoms with van der Waals surface area (Å²) in [5, 5.41) is 50.1. The molecule has 0 aromatic carbocycles. The molecule has 6 unspecified atom stereocenters. The van der Waals surface area contributed by atoms with Crippen LogP contribution in [0.25, 0.3) is 0 Å². The Kier molecular flexibility index (Phi) is 34.3. The fraction of sp³-hybridized carbons (Fsp3) is 0.681. The third-order valence-corrected chi connectivity index (χ3v) is 10.7. The van der Waals surface area contributed by atoms with E-state index < -0.39 is 63.1 Å². The summed E-state index contributed by atoms with van der Waals surface area (Å²) in [6.45, 7) is 3.94. The maximum absolute atomic E-state index is 12.8. The van der Waals surface area contributed by atoms with Crippen molar-refractivity contribution in [3.05, 3.63) is 85.1 Å². The molecule has 12 nitrogen and oxygen atoms in total. The maximum Gasteiger partial charge on any atom is 0.472 e. The molecule has 1 rings (SSSR count). The van der Waals surface area contributed by atoms with E-state index in [-0.39, 0.29) is 13.0 Å². The van der Waals surface area contributed by atoms with Gasteiger partial charge in [0, 0.05) is 13.0 Å². The molecule has 1 fully saturated rings. The molecule has 0 saturated heterocycles. The summed E-state index contributed by atoms with van der Waals surface area (Å²) in [7, 11) is -5.03. The van der Waals surface area contributed by atoms with Crippen molar-refractivity contribution >= 4 is 13.8 Å². The van der Waals surface area contributed by atoms with Crippen LogP contribution in [0.15, 0.2) is 85.1 Å². The molecule has 0 aromatic rings. The Bertz CT molecular complexity index is 1310. The van der Waals surface area contributed by atoms with E-state index in [9.17, 15) is 39.8 Å². The van der Waals surface area contributed by atoms with Gasteiger partial charge in [-0.1, -0.05) is 137 Å². The second kappa shape index (κ2) is 37.1. The monoisotopic (exact) mass is 867 g/mol. The van der Waals surface area contributed by atoms with Crippen LogP contribution in [-0.2, 0) is 27.9 Å². The summed E-state index contributed by atoms with van der Waals surface area (Å²) in [6.07, 6.45) is 36.5. The number of phosphoric ester groups is 1. The van der Waals surface area contributed by atoms with Crippen LogP contribution in [0.2, 0.25) is 0 Å². The largest absolute Gasteiger partial charge is 0.472 e. The van der Waals surface area contributed by atoms with Crippen LogP contribution in [0, 0.1) is 0 Å². The minimum Gasteiger partial charge on any atom is -0.457 e. The highest BCUT2D eigenvalue weighted by Crippen LogP contribution is 2.47. The Morgan fingerprint density at radius 1 is 0.533 bits per heavy atom. The number of hydrogen-bond donors (Lipinski definition) is 6. The average molecular weight is 867 g/mol. The summed E-state index contributed by atoms with van der Waals surface area (Å²) in [5.41, 5.74) is 0. The fourth-order valence-corrected chi connectivity index (χ4v) is 7.21. The number of phosphoric acid groups is 1. The summed E-state index contributed by atoms with van der Waals surface area (Å²) in [6, 6.07) is 0. The van der Waals surface area contributed by atoms with E-state index in [0.29, 0.717) is 13.0 Å². The van der Waals surface area contributed by atoms with E-state index in [0.717, 1.165) is 116 Å². The number of rotatable bonds is 36. The zero-order chi connectivity index (χ0) is 44.1. The van der Waals surface area contributed by atoms with Gasteiger partial charge in [0.2, 0.25) is 0 Å². The standard InChI is InChI=1S/C47H79O12P/c1-3-5-7-9-11-13-15-17-19-20-21-22-23-24-26-28-30-32-34-36-41(48)58-40(38-56-37-35-33-31-29-27-25-18-16-14-12-10-8-6-4-2)39-57-60(54,55)59-47-45(52)43(50)42(49)44(51)46(47)53/h5-8,11-14,17-19,21-22,25,40,42-47,49-53H,3-4,9-10,15-16,20,23-24,26-39H2,1-2H3,(H,54,55)/b7-5-,8-6-,13-11-,14-12-,19-17-,22-21-,25-18-. The lowest BCUT2D eigenvalue weighted by atomic mass is 9.85. The van der Waals surface area contributed by atoms with Crippen molar-refractivity contribution in [1.82, 2.24) is 0 Å². The van der Waals surface area contributed by atoms with Crippen molar-refractivity contribution < 1.29 is 58.3 Å². The number of ether oxygens (including phenoxy) is 2. The van der Waals surface area contributed by atoms with Gasteiger partial charge in [0.15, 0.2) is 0 Å². The van der Waals surface area contributed by atoms with Crippen molar-refractivity contribution in [2.24, 2.45) is 0 Å². The summed E-state index contributed by atoms with van der Waals surface area (Å²) >= 11 is 0. The first kappa shape index (κ1) is 55.5. The van der Waals surface area contributed by atoms with Gasteiger partial charge in [-0.05, 0) is 83.5 Å². The normalized spacial score (nSPS) is 23.1. The molecule has 1 aliphatic rings. The van der Waals surface area contributed by atoms with Crippen LogP contribution >= 0.6 is 7.82 Å². The highest BCUT2D eigenvalue weighted by molar-refractivity contribution is 7.47. The van der Waals surface area contributed by atoms with Crippen LogP contribution in [0.3, 0.4) is 0 Å². The Morgan fingerprint density at radius 3 is 1.42 bits per heavy atom. The number of carbonyl (C=O) groups is 1. The SMILES string of the molecule is CC/C=C\C/C=C\C/C=C\C/C=C\CCCCCCCCC(=O)OC(COCCCCCC/C=C\C/C=C\C/C=C\CC)COP(=O)(O)OC1C(O)C(O)C(O)C(O)C1O. The lowest BCUT2D eigenvalue weighted by Gasteiger charge is -2.41. The zero-order valence-corrected chi connectivity index (χ0v) is 37.4. The topological polar surface area (TPSA) is 192 Å². The number of carbonyl (C=O) groups excluding carboxylic acids is 1. The van der Waals surface area contributed by atoms with Gasteiger partial charge in [0.25, 0.3) is 0 Å². The van der Waals surface area contributed by atoms with Gasteiger partial charge in [-0.15, -0.1) is 0 Å². The second-order valence-corrected chi connectivity index (χ2v) is 16.5. The van der Waals surface area contributed by atoms with Crippen LogP contribution in [0.4, 0.5) is 0 Å². The average Bonchev–Trinajstić information content (AvgIpc) is 3.23. The summed E-state index contributed by atoms with van der Waals surface area (Å²) < 4.78 is 34.1. The van der Waals surface area contributed by atoms with Gasteiger partial charge in [-0.2, -0.15) is 0 Å². The van der Waals surface area contributed by atoms with E-state index in [4.69, 9.17) is 18.5 Å². The maximum atomic E-state index is 12.8. The van der Waals surface area contributed by atoms with Crippen molar-refractivity contribution in [1.29, 1.82) is 0 Å². The molecule has 0 aromatic heterocycles. The number of aliphatic hydroxyl groups is 5. The molecule has 6 N–H and O–H groups in total. The molecule has 344 valence electrons. The van der Waals surface area contributed by atoms with E-state index in [1.54, 1.807) is 0 Å². The van der Waals surface area contributed by atoms with Gasteiger partial charge >= 0.3 is 13.8 Å². The van der Waals surface area contributed by atoms with Gasteiger partial charge in [-0.3, -0.25) is 13.8 Å². The molecule has 0 bridgehead atoms.